The monoisotopic (exact) mass is 171 g/mol. The quantitative estimate of drug-likeness (QED) is 0.590. The predicted molar refractivity (Wildman–Crippen MR) is 47.9 cm³/mol. The van der Waals surface area contributed by atoms with Crippen LogP contribution in [0.5, 0.6) is 0 Å². The summed E-state index contributed by atoms with van der Waals surface area (Å²) in [4.78, 5) is 0. The van der Waals surface area contributed by atoms with Crippen molar-refractivity contribution in [2.45, 2.75) is 56.7 Å². The smallest absolute Gasteiger partial charge is 0.103 e. The molecule has 1 nitrogen and oxygen atoms in total. The molecule has 1 heterocycles. The fourth-order valence-corrected chi connectivity index (χ4v) is 2.70. The Labute approximate surface area is 73.7 Å². The van der Waals surface area contributed by atoms with Crippen LogP contribution in [0, 0.1) is 0 Å². The van der Waals surface area contributed by atoms with Gasteiger partial charge in [-0.05, 0) is 32.2 Å². The lowest BCUT2D eigenvalue weighted by Gasteiger charge is -2.42. The lowest BCUT2D eigenvalue weighted by molar-refractivity contribution is 0.116. The first-order chi connectivity index (χ1) is 5.81. The van der Waals surface area contributed by atoms with Crippen molar-refractivity contribution in [3.63, 3.8) is 0 Å². The Morgan fingerprint density at radius 1 is 1.17 bits per heavy atom. The molecule has 1 aliphatic carbocycles. The zero-order valence-corrected chi connectivity index (χ0v) is 7.61. The maximum Gasteiger partial charge on any atom is 0.103 e. The number of hydrogen-bond acceptors (Lipinski definition) is 1. The van der Waals surface area contributed by atoms with Gasteiger partial charge in [-0.1, -0.05) is 19.3 Å². The van der Waals surface area contributed by atoms with Gasteiger partial charge >= 0.3 is 0 Å². The SMILES string of the molecule is FC1CCNC2(CCCCC2)C1. The first-order valence-electron chi connectivity index (χ1n) is 5.20. The molecular formula is C10H18FN. The van der Waals surface area contributed by atoms with Crippen molar-refractivity contribution < 1.29 is 4.39 Å². The molecule has 2 heteroatoms. The lowest BCUT2D eigenvalue weighted by Crippen LogP contribution is -2.52. The number of piperidine rings is 1. The van der Waals surface area contributed by atoms with Crippen LogP contribution in [0.1, 0.15) is 44.9 Å². The zero-order chi connectivity index (χ0) is 8.44. The van der Waals surface area contributed by atoms with Gasteiger partial charge in [0.1, 0.15) is 6.17 Å². The van der Waals surface area contributed by atoms with E-state index in [0.29, 0.717) is 0 Å². The highest BCUT2D eigenvalue weighted by atomic mass is 19.1. The average Bonchev–Trinajstić information content (AvgIpc) is 2.05. The molecule has 0 amide bonds. The highest BCUT2D eigenvalue weighted by Crippen LogP contribution is 2.35. The van der Waals surface area contributed by atoms with Crippen molar-refractivity contribution in [1.82, 2.24) is 5.32 Å². The molecule has 1 unspecified atom stereocenters. The highest BCUT2D eigenvalue weighted by Gasteiger charge is 2.36. The van der Waals surface area contributed by atoms with Gasteiger partial charge in [-0.25, -0.2) is 4.39 Å². The largest absolute Gasteiger partial charge is 0.311 e. The Balaban J connectivity index is 1.97. The van der Waals surface area contributed by atoms with Crippen molar-refractivity contribution >= 4 is 0 Å². The van der Waals surface area contributed by atoms with Gasteiger partial charge in [0.15, 0.2) is 0 Å². The topological polar surface area (TPSA) is 12.0 Å². The Morgan fingerprint density at radius 2 is 1.92 bits per heavy atom. The van der Waals surface area contributed by atoms with E-state index in [-0.39, 0.29) is 5.54 Å². The highest BCUT2D eigenvalue weighted by molar-refractivity contribution is 4.95. The minimum Gasteiger partial charge on any atom is -0.311 e. The van der Waals surface area contributed by atoms with Gasteiger partial charge < -0.3 is 5.32 Å². The van der Waals surface area contributed by atoms with Crippen LogP contribution in [-0.2, 0) is 0 Å². The molecule has 0 aromatic carbocycles. The van der Waals surface area contributed by atoms with E-state index in [1.165, 1.54) is 32.1 Å². The van der Waals surface area contributed by atoms with Crippen molar-refractivity contribution in [2.75, 3.05) is 6.54 Å². The fourth-order valence-electron chi connectivity index (χ4n) is 2.70. The molecule has 1 aliphatic heterocycles. The molecule has 0 aromatic heterocycles. The van der Waals surface area contributed by atoms with Gasteiger partial charge in [-0.2, -0.15) is 0 Å². The molecule has 12 heavy (non-hydrogen) atoms. The molecule has 1 saturated carbocycles. The molecule has 2 rings (SSSR count). The Kier molecular flexibility index (Phi) is 2.35. The summed E-state index contributed by atoms with van der Waals surface area (Å²) in [6.07, 6.45) is 7.29. The van der Waals surface area contributed by atoms with Crippen LogP contribution in [0.25, 0.3) is 0 Å². The first-order valence-corrected chi connectivity index (χ1v) is 5.20. The van der Waals surface area contributed by atoms with Crippen LogP contribution in [-0.4, -0.2) is 18.3 Å². The summed E-state index contributed by atoms with van der Waals surface area (Å²) in [5, 5.41) is 3.52. The fraction of sp³-hybridized carbons (Fsp3) is 1.00. The summed E-state index contributed by atoms with van der Waals surface area (Å²) >= 11 is 0. The maximum atomic E-state index is 13.2. The molecule has 1 saturated heterocycles. The normalized spacial score (nSPS) is 35.2. The number of rotatable bonds is 0. The van der Waals surface area contributed by atoms with Crippen LogP contribution in [0.15, 0.2) is 0 Å². The number of nitrogens with one attached hydrogen (secondary N) is 1. The summed E-state index contributed by atoms with van der Waals surface area (Å²) in [5.41, 5.74) is 0.204. The van der Waals surface area contributed by atoms with E-state index in [2.05, 4.69) is 5.32 Å². The van der Waals surface area contributed by atoms with E-state index in [9.17, 15) is 4.39 Å². The molecular weight excluding hydrogens is 153 g/mol. The van der Waals surface area contributed by atoms with Crippen LogP contribution >= 0.6 is 0 Å². The minimum atomic E-state index is -0.538. The lowest BCUT2D eigenvalue weighted by atomic mass is 9.76. The van der Waals surface area contributed by atoms with Crippen molar-refractivity contribution in [2.24, 2.45) is 0 Å². The molecule has 2 aliphatic rings. The van der Waals surface area contributed by atoms with Crippen molar-refractivity contribution in [3.8, 4) is 0 Å². The van der Waals surface area contributed by atoms with Gasteiger partial charge in [-0.15, -0.1) is 0 Å². The third-order valence-electron chi connectivity index (χ3n) is 3.38. The molecule has 1 N–H and O–H groups in total. The second kappa shape index (κ2) is 3.33. The third kappa shape index (κ3) is 1.63. The number of alkyl halides is 1. The van der Waals surface area contributed by atoms with Gasteiger partial charge in [0.2, 0.25) is 0 Å². The summed E-state index contributed by atoms with van der Waals surface area (Å²) in [6, 6.07) is 0. The summed E-state index contributed by atoms with van der Waals surface area (Å²) in [7, 11) is 0. The Hall–Kier alpha value is -0.110. The van der Waals surface area contributed by atoms with Gasteiger partial charge in [0.25, 0.3) is 0 Å². The van der Waals surface area contributed by atoms with E-state index < -0.39 is 6.17 Å². The molecule has 0 aromatic rings. The van der Waals surface area contributed by atoms with Crippen molar-refractivity contribution in [1.29, 1.82) is 0 Å². The van der Waals surface area contributed by atoms with Gasteiger partial charge in [0.05, 0.1) is 0 Å². The van der Waals surface area contributed by atoms with Crippen molar-refractivity contribution in [3.05, 3.63) is 0 Å². The van der Waals surface area contributed by atoms with Crippen LogP contribution < -0.4 is 5.32 Å². The minimum absolute atomic E-state index is 0.204. The second-order valence-corrected chi connectivity index (χ2v) is 4.36. The molecule has 1 spiro atoms. The van der Waals surface area contributed by atoms with Crippen LogP contribution in [0.3, 0.4) is 0 Å². The van der Waals surface area contributed by atoms with E-state index in [1.54, 1.807) is 0 Å². The van der Waals surface area contributed by atoms with E-state index >= 15 is 0 Å². The maximum absolute atomic E-state index is 13.2. The average molecular weight is 171 g/mol. The number of hydrogen-bond donors (Lipinski definition) is 1. The van der Waals surface area contributed by atoms with E-state index in [4.69, 9.17) is 0 Å². The molecule has 1 atom stereocenters. The number of halogens is 1. The van der Waals surface area contributed by atoms with Gasteiger partial charge in [-0.3, -0.25) is 0 Å². The molecule has 2 fully saturated rings. The third-order valence-corrected chi connectivity index (χ3v) is 3.38. The summed E-state index contributed by atoms with van der Waals surface area (Å²) in [6.45, 7) is 0.890. The molecule has 70 valence electrons. The molecule has 0 radical (unpaired) electrons. The van der Waals surface area contributed by atoms with Crippen LogP contribution in [0.4, 0.5) is 4.39 Å². The second-order valence-electron chi connectivity index (χ2n) is 4.36. The Bertz CT molecular complexity index is 146. The summed E-state index contributed by atoms with van der Waals surface area (Å²) < 4.78 is 13.2. The predicted octanol–water partition coefficient (Wildman–Crippen LogP) is 2.41. The molecule has 0 bridgehead atoms. The zero-order valence-electron chi connectivity index (χ0n) is 7.61. The van der Waals surface area contributed by atoms with Gasteiger partial charge in [0, 0.05) is 5.54 Å². The first kappa shape index (κ1) is 8.49. The van der Waals surface area contributed by atoms with E-state index in [0.717, 1.165) is 19.4 Å². The van der Waals surface area contributed by atoms with E-state index in [1.807, 2.05) is 0 Å². The Morgan fingerprint density at radius 3 is 2.58 bits per heavy atom. The summed E-state index contributed by atoms with van der Waals surface area (Å²) in [5.74, 6) is 0. The standard InChI is InChI=1S/C10H18FN/c11-9-4-7-12-10(8-9)5-2-1-3-6-10/h9,12H,1-8H2. The van der Waals surface area contributed by atoms with Crippen LogP contribution in [0.2, 0.25) is 0 Å².